The van der Waals surface area contributed by atoms with Gasteiger partial charge in [-0.1, -0.05) is 6.07 Å². The SMILES string of the molecule is COc1ccc2c(c1OC)C(=O)N1[C@@H]2SC[C@H]1C(=O)Nc1ccc(F)cc1. The smallest absolute Gasteiger partial charge is 0.260 e. The van der Waals surface area contributed by atoms with Gasteiger partial charge in [0.1, 0.15) is 17.2 Å². The van der Waals surface area contributed by atoms with Crippen LogP contribution in [-0.4, -0.2) is 42.7 Å². The van der Waals surface area contributed by atoms with E-state index in [0.717, 1.165) is 5.56 Å². The number of ether oxygens (including phenoxy) is 2. The fourth-order valence-corrected chi connectivity index (χ4v) is 4.91. The van der Waals surface area contributed by atoms with Crippen molar-refractivity contribution < 1.29 is 23.5 Å². The topological polar surface area (TPSA) is 67.9 Å². The van der Waals surface area contributed by atoms with Crippen molar-refractivity contribution in [2.45, 2.75) is 11.4 Å². The number of rotatable bonds is 4. The van der Waals surface area contributed by atoms with E-state index in [1.54, 1.807) is 11.0 Å². The van der Waals surface area contributed by atoms with Gasteiger partial charge in [0.2, 0.25) is 5.91 Å². The molecule has 140 valence electrons. The fourth-order valence-electron chi connectivity index (χ4n) is 3.45. The fraction of sp³-hybridized carbons (Fsp3) is 0.263. The molecule has 2 aliphatic heterocycles. The van der Waals surface area contributed by atoms with E-state index in [1.165, 1.54) is 50.2 Å². The van der Waals surface area contributed by atoms with E-state index < -0.39 is 6.04 Å². The Kier molecular flexibility index (Phi) is 4.43. The molecule has 0 spiro atoms. The first-order valence-electron chi connectivity index (χ1n) is 8.30. The Labute approximate surface area is 159 Å². The number of halogens is 1. The van der Waals surface area contributed by atoms with Crippen LogP contribution in [0, 0.1) is 5.82 Å². The molecule has 27 heavy (non-hydrogen) atoms. The Morgan fingerprint density at radius 2 is 1.93 bits per heavy atom. The summed E-state index contributed by atoms with van der Waals surface area (Å²) in [6.45, 7) is 0. The number of thioether (sulfide) groups is 1. The predicted molar refractivity (Wildman–Crippen MR) is 99.7 cm³/mol. The van der Waals surface area contributed by atoms with Gasteiger partial charge in [-0.3, -0.25) is 9.59 Å². The highest BCUT2D eigenvalue weighted by Crippen LogP contribution is 2.52. The standard InChI is InChI=1S/C19H17FN2O4S/c1-25-14-8-7-12-15(16(14)26-2)18(24)22-13(9-27-19(12)22)17(23)21-11-5-3-10(20)4-6-11/h3-8,13,19H,9H2,1-2H3,(H,21,23)/t13-,19+/m0/s1. The Morgan fingerprint density at radius 1 is 1.19 bits per heavy atom. The molecule has 2 aliphatic rings. The molecule has 8 heteroatoms. The maximum Gasteiger partial charge on any atom is 0.260 e. The second-order valence-electron chi connectivity index (χ2n) is 6.18. The van der Waals surface area contributed by atoms with Crippen LogP contribution in [0.15, 0.2) is 36.4 Å². The molecule has 6 nitrogen and oxygen atoms in total. The van der Waals surface area contributed by atoms with Crippen LogP contribution in [0.2, 0.25) is 0 Å². The summed E-state index contributed by atoms with van der Waals surface area (Å²) in [4.78, 5) is 27.4. The van der Waals surface area contributed by atoms with Gasteiger partial charge in [-0.2, -0.15) is 0 Å². The minimum absolute atomic E-state index is 0.240. The van der Waals surface area contributed by atoms with Crippen LogP contribution in [0.3, 0.4) is 0 Å². The highest BCUT2D eigenvalue weighted by Gasteiger charge is 2.50. The van der Waals surface area contributed by atoms with Gasteiger partial charge in [-0.05, 0) is 30.3 Å². The van der Waals surface area contributed by atoms with Crippen LogP contribution in [0.25, 0.3) is 0 Å². The number of hydrogen-bond donors (Lipinski definition) is 1. The molecule has 1 saturated heterocycles. The lowest BCUT2D eigenvalue weighted by atomic mass is 10.1. The molecular formula is C19H17FN2O4S. The third-order valence-electron chi connectivity index (χ3n) is 4.71. The minimum Gasteiger partial charge on any atom is -0.493 e. The summed E-state index contributed by atoms with van der Waals surface area (Å²) in [7, 11) is 3.00. The van der Waals surface area contributed by atoms with Gasteiger partial charge in [0.05, 0.1) is 19.8 Å². The number of amides is 2. The average Bonchev–Trinajstić information content (AvgIpc) is 3.23. The quantitative estimate of drug-likeness (QED) is 0.872. The van der Waals surface area contributed by atoms with E-state index in [2.05, 4.69) is 5.32 Å². The summed E-state index contributed by atoms with van der Waals surface area (Å²) in [5.74, 6) is 0.405. The lowest BCUT2D eigenvalue weighted by molar-refractivity contribution is -0.119. The summed E-state index contributed by atoms with van der Waals surface area (Å²) in [6, 6.07) is 8.50. The molecule has 0 unspecified atom stereocenters. The van der Waals surface area contributed by atoms with Crippen LogP contribution in [0.5, 0.6) is 11.5 Å². The van der Waals surface area contributed by atoms with Gasteiger partial charge in [-0.25, -0.2) is 4.39 Å². The molecule has 4 rings (SSSR count). The van der Waals surface area contributed by atoms with Crippen molar-refractivity contribution in [3.05, 3.63) is 53.3 Å². The number of benzene rings is 2. The number of fused-ring (bicyclic) bond motifs is 3. The molecule has 2 aromatic carbocycles. The molecule has 0 saturated carbocycles. The molecule has 2 atom stereocenters. The zero-order valence-electron chi connectivity index (χ0n) is 14.7. The second kappa shape index (κ2) is 6.77. The number of methoxy groups -OCH3 is 2. The minimum atomic E-state index is -0.624. The van der Waals surface area contributed by atoms with Crippen molar-refractivity contribution >= 4 is 29.3 Å². The lowest BCUT2D eigenvalue weighted by Gasteiger charge is -2.22. The first kappa shape index (κ1) is 17.7. The van der Waals surface area contributed by atoms with Gasteiger partial charge in [0.25, 0.3) is 5.91 Å². The molecular weight excluding hydrogens is 371 g/mol. The summed E-state index contributed by atoms with van der Waals surface area (Å²) >= 11 is 1.53. The molecule has 0 aromatic heterocycles. The van der Waals surface area contributed by atoms with Crippen molar-refractivity contribution in [1.82, 2.24) is 4.90 Å². The van der Waals surface area contributed by atoms with Crippen molar-refractivity contribution in [3.63, 3.8) is 0 Å². The van der Waals surface area contributed by atoms with E-state index in [9.17, 15) is 14.0 Å². The molecule has 2 heterocycles. The van der Waals surface area contributed by atoms with Crippen LogP contribution in [-0.2, 0) is 4.79 Å². The van der Waals surface area contributed by atoms with Gasteiger partial charge < -0.3 is 19.7 Å². The van der Waals surface area contributed by atoms with Crippen LogP contribution < -0.4 is 14.8 Å². The van der Waals surface area contributed by atoms with Crippen LogP contribution >= 0.6 is 11.8 Å². The van der Waals surface area contributed by atoms with Gasteiger partial charge >= 0.3 is 0 Å². The number of nitrogens with zero attached hydrogens (tertiary/aromatic N) is 1. The Morgan fingerprint density at radius 3 is 2.59 bits per heavy atom. The second-order valence-corrected chi connectivity index (χ2v) is 7.29. The molecule has 2 amide bonds. The third kappa shape index (κ3) is 2.80. The maximum absolute atomic E-state index is 13.1. The molecule has 1 N–H and O–H groups in total. The molecule has 0 radical (unpaired) electrons. The van der Waals surface area contributed by atoms with Crippen molar-refractivity contribution in [3.8, 4) is 11.5 Å². The van der Waals surface area contributed by atoms with E-state index >= 15 is 0 Å². The predicted octanol–water partition coefficient (Wildman–Crippen LogP) is 3.05. The maximum atomic E-state index is 13.1. The molecule has 2 aromatic rings. The van der Waals surface area contributed by atoms with Gasteiger partial charge in [0.15, 0.2) is 11.5 Å². The Bertz CT molecular complexity index is 919. The van der Waals surface area contributed by atoms with E-state index in [4.69, 9.17) is 9.47 Å². The summed E-state index contributed by atoms with van der Waals surface area (Å²) < 4.78 is 23.7. The Balaban J connectivity index is 1.62. The highest BCUT2D eigenvalue weighted by molar-refractivity contribution is 7.99. The number of anilines is 1. The van der Waals surface area contributed by atoms with Crippen LogP contribution in [0.1, 0.15) is 21.3 Å². The number of hydrogen-bond acceptors (Lipinski definition) is 5. The molecule has 0 bridgehead atoms. The number of carbonyl (C=O) groups is 2. The Hall–Kier alpha value is -2.74. The summed E-state index contributed by atoms with van der Waals surface area (Å²) in [6.07, 6.45) is 0. The largest absolute Gasteiger partial charge is 0.493 e. The van der Waals surface area contributed by atoms with Crippen molar-refractivity contribution in [1.29, 1.82) is 0 Å². The average molecular weight is 388 g/mol. The first-order valence-corrected chi connectivity index (χ1v) is 9.35. The zero-order valence-corrected chi connectivity index (χ0v) is 15.5. The normalized spacial score (nSPS) is 20.3. The third-order valence-corrected chi connectivity index (χ3v) is 6.01. The first-order chi connectivity index (χ1) is 13.0. The highest BCUT2D eigenvalue weighted by atomic mass is 32.2. The lowest BCUT2D eigenvalue weighted by Crippen LogP contribution is -2.42. The van der Waals surface area contributed by atoms with E-state index in [-0.39, 0.29) is 23.0 Å². The number of nitrogens with one attached hydrogen (secondary N) is 1. The van der Waals surface area contributed by atoms with E-state index in [0.29, 0.717) is 28.5 Å². The van der Waals surface area contributed by atoms with Gasteiger partial charge in [-0.15, -0.1) is 11.8 Å². The molecule has 0 aliphatic carbocycles. The monoisotopic (exact) mass is 388 g/mol. The van der Waals surface area contributed by atoms with Crippen molar-refractivity contribution in [2.24, 2.45) is 0 Å². The van der Waals surface area contributed by atoms with Gasteiger partial charge in [0, 0.05) is 17.0 Å². The molecule has 1 fully saturated rings. The van der Waals surface area contributed by atoms with Crippen molar-refractivity contribution in [2.75, 3.05) is 25.3 Å². The summed E-state index contributed by atoms with van der Waals surface area (Å²) in [5, 5.41) is 2.51. The van der Waals surface area contributed by atoms with E-state index in [1.807, 2.05) is 6.07 Å². The zero-order chi connectivity index (χ0) is 19.1. The van der Waals surface area contributed by atoms with Crippen LogP contribution in [0.4, 0.5) is 10.1 Å². The number of carbonyl (C=O) groups excluding carboxylic acids is 2. The summed E-state index contributed by atoms with van der Waals surface area (Å²) in [5.41, 5.74) is 1.74.